The van der Waals surface area contributed by atoms with Gasteiger partial charge in [-0.05, 0) is 31.9 Å². The molecule has 0 N–H and O–H groups in total. The SMILES string of the molecule is CCOCCN1CCN(CC(=O)N2CCc3ccccc32)C[C@@H]1C. The van der Waals surface area contributed by atoms with Crippen LogP contribution in [0.25, 0.3) is 0 Å². The van der Waals surface area contributed by atoms with Crippen molar-refractivity contribution in [1.82, 2.24) is 9.80 Å². The molecular formula is C19H29N3O2. The molecule has 1 aromatic rings. The first-order valence-corrected chi connectivity index (χ1v) is 9.11. The number of nitrogens with zero attached hydrogens (tertiary/aromatic N) is 3. The van der Waals surface area contributed by atoms with Gasteiger partial charge in [-0.3, -0.25) is 14.6 Å². The molecule has 2 heterocycles. The molecule has 132 valence electrons. The Kier molecular flexibility index (Phi) is 5.87. The second-order valence-corrected chi connectivity index (χ2v) is 6.74. The molecular weight excluding hydrogens is 302 g/mol. The fraction of sp³-hybridized carbons (Fsp3) is 0.632. The summed E-state index contributed by atoms with van der Waals surface area (Å²) in [5, 5.41) is 0. The van der Waals surface area contributed by atoms with E-state index in [1.54, 1.807) is 0 Å². The van der Waals surface area contributed by atoms with E-state index in [1.165, 1.54) is 5.56 Å². The quantitative estimate of drug-likeness (QED) is 0.742. The van der Waals surface area contributed by atoms with Crippen LogP contribution >= 0.6 is 0 Å². The van der Waals surface area contributed by atoms with Crippen molar-refractivity contribution in [2.24, 2.45) is 0 Å². The molecule has 0 radical (unpaired) electrons. The molecule has 0 unspecified atom stereocenters. The summed E-state index contributed by atoms with van der Waals surface area (Å²) in [5.74, 6) is 0.231. The van der Waals surface area contributed by atoms with E-state index >= 15 is 0 Å². The molecule has 1 saturated heterocycles. The van der Waals surface area contributed by atoms with Crippen molar-refractivity contribution in [3.8, 4) is 0 Å². The number of hydrogen-bond donors (Lipinski definition) is 0. The largest absolute Gasteiger partial charge is 0.380 e. The molecule has 5 nitrogen and oxygen atoms in total. The Balaban J connectivity index is 1.50. The van der Waals surface area contributed by atoms with Crippen LogP contribution in [-0.2, 0) is 16.0 Å². The topological polar surface area (TPSA) is 36.0 Å². The van der Waals surface area contributed by atoms with Gasteiger partial charge in [0.25, 0.3) is 0 Å². The first-order chi connectivity index (χ1) is 11.7. The average molecular weight is 331 g/mol. The van der Waals surface area contributed by atoms with Crippen LogP contribution in [0.1, 0.15) is 19.4 Å². The summed E-state index contributed by atoms with van der Waals surface area (Å²) < 4.78 is 5.46. The second-order valence-electron chi connectivity index (χ2n) is 6.74. The third kappa shape index (κ3) is 3.97. The summed E-state index contributed by atoms with van der Waals surface area (Å²) in [6.07, 6.45) is 0.976. The van der Waals surface area contributed by atoms with E-state index in [0.717, 1.165) is 58.0 Å². The van der Waals surface area contributed by atoms with E-state index in [-0.39, 0.29) is 5.91 Å². The normalized spacial score (nSPS) is 21.9. The Morgan fingerprint density at radius 1 is 1.25 bits per heavy atom. The van der Waals surface area contributed by atoms with E-state index in [2.05, 4.69) is 34.9 Å². The van der Waals surface area contributed by atoms with Gasteiger partial charge in [-0.1, -0.05) is 18.2 Å². The van der Waals surface area contributed by atoms with Gasteiger partial charge in [-0.2, -0.15) is 0 Å². The fourth-order valence-corrected chi connectivity index (χ4v) is 3.75. The lowest BCUT2D eigenvalue weighted by molar-refractivity contribution is -0.120. The van der Waals surface area contributed by atoms with Crippen molar-refractivity contribution >= 4 is 11.6 Å². The molecule has 0 aromatic heterocycles. The lowest BCUT2D eigenvalue weighted by Gasteiger charge is -2.39. The Bertz CT molecular complexity index is 563. The van der Waals surface area contributed by atoms with Gasteiger partial charge < -0.3 is 9.64 Å². The van der Waals surface area contributed by atoms with Crippen LogP contribution in [-0.4, -0.2) is 74.2 Å². The van der Waals surface area contributed by atoms with Gasteiger partial charge in [0, 0.05) is 51.1 Å². The maximum Gasteiger partial charge on any atom is 0.241 e. The number of ether oxygens (including phenoxy) is 1. The Morgan fingerprint density at radius 3 is 2.88 bits per heavy atom. The third-order valence-electron chi connectivity index (χ3n) is 5.12. The minimum absolute atomic E-state index is 0.231. The molecule has 1 atom stereocenters. The molecule has 5 heteroatoms. The van der Waals surface area contributed by atoms with Crippen molar-refractivity contribution in [1.29, 1.82) is 0 Å². The summed E-state index contributed by atoms with van der Waals surface area (Å²) >= 11 is 0. The summed E-state index contributed by atoms with van der Waals surface area (Å²) in [6.45, 7) is 11.1. The maximum atomic E-state index is 12.7. The molecule has 0 spiro atoms. The lowest BCUT2D eigenvalue weighted by Crippen LogP contribution is -2.54. The number of para-hydroxylation sites is 1. The highest BCUT2D eigenvalue weighted by atomic mass is 16.5. The van der Waals surface area contributed by atoms with Gasteiger partial charge in [0.15, 0.2) is 0 Å². The molecule has 1 fully saturated rings. The molecule has 0 aliphatic carbocycles. The van der Waals surface area contributed by atoms with Gasteiger partial charge in [0.2, 0.25) is 5.91 Å². The summed E-state index contributed by atoms with van der Waals surface area (Å²) in [5.41, 5.74) is 2.39. The van der Waals surface area contributed by atoms with Crippen LogP contribution in [0, 0.1) is 0 Å². The highest BCUT2D eigenvalue weighted by Gasteiger charge is 2.28. The molecule has 1 amide bonds. The predicted octanol–water partition coefficient (Wildman–Crippen LogP) is 1.62. The number of anilines is 1. The van der Waals surface area contributed by atoms with E-state index in [0.29, 0.717) is 12.6 Å². The predicted molar refractivity (Wildman–Crippen MR) is 96.5 cm³/mol. The molecule has 2 aliphatic rings. The molecule has 0 bridgehead atoms. The van der Waals surface area contributed by atoms with Crippen LogP contribution in [0.2, 0.25) is 0 Å². The number of carbonyl (C=O) groups is 1. The first kappa shape index (κ1) is 17.4. The molecule has 0 saturated carbocycles. The number of hydrogen-bond acceptors (Lipinski definition) is 4. The monoisotopic (exact) mass is 331 g/mol. The number of fused-ring (bicyclic) bond motifs is 1. The second kappa shape index (κ2) is 8.10. The lowest BCUT2D eigenvalue weighted by atomic mass is 10.2. The van der Waals surface area contributed by atoms with Crippen molar-refractivity contribution in [3.05, 3.63) is 29.8 Å². The zero-order valence-corrected chi connectivity index (χ0v) is 14.9. The summed E-state index contributed by atoms with van der Waals surface area (Å²) in [6, 6.07) is 8.73. The standard InChI is InChI=1S/C19H29N3O2/c1-3-24-13-12-21-11-10-20(14-16(21)2)15-19(23)22-9-8-17-6-4-5-7-18(17)22/h4-7,16H,3,8-15H2,1-2H3/t16-/m0/s1. The van der Waals surface area contributed by atoms with Crippen molar-refractivity contribution in [3.63, 3.8) is 0 Å². The Hall–Kier alpha value is -1.43. The minimum Gasteiger partial charge on any atom is -0.380 e. The number of carbonyl (C=O) groups excluding carboxylic acids is 1. The van der Waals surface area contributed by atoms with Crippen molar-refractivity contribution in [2.75, 3.05) is 57.4 Å². The highest BCUT2D eigenvalue weighted by molar-refractivity contribution is 5.96. The Labute approximate surface area is 145 Å². The van der Waals surface area contributed by atoms with E-state index < -0.39 is 0 Å². The van der Waals surface area contributed by atoms with Crippen LogP contribution in [0.4, 0.5) is 5.69 Å². The number of piperazine rings is 1. The summed E-state index contributed by atoms with van der Waals surface area (Å²) in [4.78, 5) is 19.4. The molecule has 3 rings (SSSR count). The number of amides is 1. The molecule has 2 aliphatic heterocycles. The van der Waals surface area contributed by atoms with Gasteiger partial charge >= 0.3 is 0 Å². The van der Waals surface area contributed by atoms with E-state index in [1.807, 2.05) is 17.9 Å². The minimum atomic E-state index is 0.231. The van der Waals surface area contributed by atoms with Crippen LogP contribution in [0.3, 0.4) is 0 Å². The smallest absolute Gasteiger partial charge is 0.241 e. The van der Waals surface area contributed by atoms with E-state index in [9.17, 15) is 4.79 Å². The average Bonchev–Trinajstić information content (AvgIpc) is 3.01. The summed E-state index contributed by atoms with van der Waals surface area (Å²) in [7, 11) is 0. The molecule has 1 aromatic carbocycles. The van der Waals surface area contributed by atoms with Gasteiger partial charge in [-0.25, -0.2) is 0 Å². The Morgan fingerprint density at radius 2 is 2.08 bits per heavy atom. The van der Waals surface area contributed by atoms with Crippen molar-refractivity contribution < 1.29 is 9.53 Å². The third-order valence-corrected chi connectivity index (χ3v) is 5.12. The number of benzene rings is 1. The van der Waals surface area contributed by atoms with Gasteiger partial charge in [-0.15, -0.1) is 0 Å². The van der Waals surface area contributed by atoms with Gasteiger partial charge in [0.05, 0.1) is 13.2 Å². The van der Waals surface area contributed by atoms with Crippen LogP contribution in [0.15, 0.2) is 24.3 Å². The zero-order chi connectivity index (χ0) is 16.9. The van der Waals surface area contributed by atoms with Gasteiger partial charge in [0.1, 0.15) is 0 Å². The fourth-order valence-electron chi connectivity index (χ4n) is 3.75. The highest BCUT2D eigenvalue weighted by Crippen LogP contribution is 2.27. The first-order valence-electron chi connectivity index (χ1n) is 9.11. The van der Waals surface area contributed by atoms with Crippen LogP contribution < -0.4 is 4.90 Å². The molecule has 24 heavy (non-hydrogen) atoms. The zero-order valence-electron chi connectivity index (χ0n) is 14.9. The van der Waals surface area contributed by atoms with Crippen LogP contribution in [0.5, 0.6) is 0 Å². The van der Waals surface area contributed by atoms with E-state index in [4.69, 9.17) is 4.74 Å². The van der Waals surface area contributed by atoms with Crippen molar-refractivity contribution in [2.45, 2.75) is 26.3 Å². The maximum absolute atomic E-state index is 12.7. The number of rotatable bonds is 6.